The molecule has 0 spiro atoms. The molecule has 1 aromatic carbocycles. The minimum Gasteiger partial charge on any atom is -0.466 e. The van der Waals surface area contributed by atoms with Crippen LogP contribution in [-0.2, 0) is 20.9 Å². The van der Waals surface area contributed by atoms with E-state index in [2.05, 4.69) is 18.8 Å². The van der Waals surface area contributed by atoms with Crippen molar-refractivity contribution in [1.29, 1.82) is 0 Å². The summed E-state index contributed by atoms with van der Waals surface area (Å²) < 4.78 is 13.5. The van der Waals surface area contributed by atoms with Gasteiger partial charge in [0.1, 0.15) is 19.0 Å². The topological polar surface area (TPSA) is 53.4 Å². The number of ether oxygens (including phenoxy) is 2. The number of thiocarbonyl (C=S) groups is 1. The normalized spacial score (nSPS) is 28.1. The van der Waals surface area contributed by atoms with Crippen molar-refractivity contribution in [1.82, 2.24) is 9.55 Å². The summed E-state index contributed by atoms with van der Waals surface area (Å²) in [7, 11) is 0. The summed E-state index contributed by atoms with van der Waals surface area (Å²) in [6.45, 7) is 4.69. The molecule has 2 aliphatic rings. The van der Waals surface area contributed by atoms with E-state index in [4.69, 9.17) is 21.7 Å². The minimum atomic E-state index is -0.417. The van der Waals surface area contributed by atoms with Crippen LogP contribution in [0.3, 0.4) is 0 Å². The lowest BCUT2D eigenvalue weighted by molar-refractivity contribution is -0.156. The Hall–Kier alpha value is -2.21. The van der Waals surface area contributed by atoms with Gasteiger partial charge in [-0.2, -0.15) is 0 Å². The molecular weight excluding hydrogens is 360 g/mol. The van der Waals surface area contributed by atoms with Gasteiger partial charge in [-0.25, -0.2) is 4.98 Å². The molecule has 0 N–H and O–H groups in total. The van der Waals surface area contributed by atoms with Gasteiger partial charge in [-0.1, -0.05) is 44.2 Å². The van der Waals surface area contributed by atoms with Crippen LogP contribution in [0.4, 0.5) is 0 Å². The van der Waals surface area contributed by atoms with Crippen molar-refractivity contribution < 1.29 is 14.3 Å². The standard InChI is InChI=1S/C21H24N2O3S/c1-20(2)8-9-21(18(24)25-13-15-6-4-3-5-7-15)12-16(21)17(20)26-19(27)23-11-10-22-14-23/h3-7,10-11,14,16-17H,8-9,12-13H2,1-2H3. The Labute approximate surface area is 164 Å². The van der Waals surface area contributed by atoms with Gasteiger partial charge in [-0.3, -0.25) is 9.36 Å². The first-order valence-corrected chi connectivity index (χ1v) is 9.73. The van der Waals surface area contributed by atoms with Gasteiger partial charge in [0, 0.05) is 23.7 Å². The number of imidazole rings is 1. The molecule has 142 valence electrons. The summed E-state index contributed by atoms with van der Waals surface area (Å²) in [6.07, 6.45) is 7.52. The highest BCUT2D eigenvalue weighted by molar-refractivity contribution is 7.80. The Balaban J connectivity index is 1.44. The van der Waals surface area contributed by atoms with E-state index >= 15 is 0 Å². The Morgan fingerprint density at radius 1 is 1.30 bits per heavy atom. The number of aromatic nitrogens is 2. The second kappa shape index (κ2) is 6.75. The maximum atomic E-state index is 12.9. The van der Waals surface area contributed by atoms with Crippen molar-refractivity contribution in [3.05, 3.63) is 54.6 Å². The first kappa shape index (κ1) is 18.2. The molecule has 4 rings (SSSR count). The van der Waals surface area contributed by atoms with Gasteiger partial charge in [0.05, 0.1) is 5.41 Å². The minimum absolute atomic E-state index is 0.0466. The molecule has 2 aliphatic carbocycles. The van der Waals surface area contributed by atoms with E-state index in [1.165, 1.54) is 0 Å². The predicted molar refractivity (Wildman–Crippen MR) is 105 cm³/mol. The molecule has 0 saturated heterocycles. The molecule has 5 nitrogen and oxygen atoms in total. The average Bonchev–Trinajstić information content (AvgIpc) is 3.15. The van der Waals surface area contributed by atoms with Crippen LogP contribution < -0.4 is 0 Å². The maximum Gasteiger partial charge on any atom is 0.312 e. The van der Waals surface area contributed by atoms with E-state index in [0.717, 1.165) is 24.8 Å². The highest BCUT2D eigenvalue weighted by atomic mass is 32.1. The molecule has 0 amide bonds. The van der Waals surface area contributed by atoms with E-state index in [9.17, 15) is 4.79 Å². The van der Waals surface area contributed by atoms with Crippen molar-refractivity contribution >= 4 is 23.4 Å². The molecule has 2 aromatic rings. The lowest BCUT2D eigenvalue weighted by Gasteiger charge is -2.40. The lowest BCUT2D eigenvalue weighted by Crippen LogP contribution is -2.43. The third-order valence-corrected chi connectivity index (χ3v) is 6.35. The number of fused-ring (bicyclic) bond motifs is 1. The zero-order chi connectivity index (χ0) is 19.1. The quantitative estimate of drug-likeness (QED) is 0.590. The zero-order valence-corrected chi connectivity index (χ0v) is 16.4. The average molecular weight is 385 g/mol. The Morgan fingerprint density at radius 3 is 2.78 bits per heavy atom. The van der Waals surface area contributed by atoms with E-state index < -0.39 is 5.41 Å². The van der Waals surface area contributed by atoms with Crippen molar-refractivity contribution in [3.8, 4) is 0 Å². The Morgan fingerprint density at radius 2 is 2.07 bits per heavy atom. The van der Waals surface area contributed by atoms with Crippen LogP contribution in [0.2, 0.25) is 0 Å². The number of esters is 1. The fourth-order valence-electron chi connectivity index (χ4n) is 4.23. The van der Waals surface area contributed by atoms with Gasteiger partial charge in [-0.05, 0) is 37.0 Å². The lowest BCUT2D eigenvalue weighted by atomic mass is 9.71. The van der Waals surface area contributed by atoms with Crippen molar-refractivity contribution in [2.24, 2.45) is 16.7 Å². The van der Waals surface area contributed by atoms with E-state index in [-0.39, 0.29) is 23.4 Å². The van der Waals surface area contributed by atoms with E-state index in [1.54, 1.807) is 23.3 Å². The van der Waals surface area contributed by atoms with Crippen LogP contribution >= 0.6 is 12.2 Å². The van der Waals surface area contributed by atoms with Crippen LogP contribution in [0.25, 0.3) is 0 Å². The number of carbonyl (C=O) groups excluding carboxylic acids is 1. The summed E-state index contributed by atoms with van der Waals surface area (Å²) in [6, 6.07) is 9.79. The fourth-order valence-corrected chi connectivity index (χ4v) is 4.44. The summed E-state index contributed by atoms with van der Waals surface area (Å²) >= 11 is 5.43. The third-order valence-electron chi connectivity index (χ3n) is 6.05. The molecule has 0 radical (unpaired) electrons. The highest BCUT2D eigenvalue weighted by Crippen LogP contribution is 2.66. The van der Waals surface area contributed by atoms with Crippen LogP contribution in [-0.4, -0.2) is 26.8 Å². The fraction of sp³-hybridized carbons (Fsp3) is 0.476. The van der Waals surface area contributed by atoms with Crippen molar-refractivity contribution in [2.75, 3.05) is 0 Å². The summed E-state index contributed by atoms with van der Waals surface area (Å²) in [5.74, 6) is 0.0417. The van der Waals surface area contributed by atoms with Gasteiger partial charge in [0.2, 0.25) is 0 Å². The molecule has 1 heterocycles. The second-order valence-corrected chi connectivity index (χ2v) is 8.64. The summed E-state index contributed by atoms with van der Waals surface area (Å²) in [4.78, 5) is 16.9. The molecule has 6 heteroatoms. The highest BCUT2D eigenvalue weighted by Gasteiger charge is 2.69. The van der Waals surface area contributed by atoms with Gasteiger partial charge in [-0.15, -0.1) is 0 Å². The predicted octanol–water partition coefficient (Wildman–Crippen LogP) is 3.97. The first-order valence-electron chi connectivity index (χ1n) is 9.32. The van der Waals surface area contributed by atoms with Crippen LogP contribution in [0.15, 0.2) is 49.1 Å². The largest absolute Gasteiger partial charge is 0.466 e. The van der Waals surface area contributed by atoms with Gasteiger partial charge in [0.15, 0.2) is 0 Å². The van der Waals surface area contributed by atoms with Crippen LogP contribution in [0.1, 0.15) is 38.7 Å². The molecule has 3 unspecified atom stereocenters. The first-order chi connectivity index (χ1) is 12.9. The number of carbonyl (C=O) groups is 1. The number of rotatable bonds is 4. The molecule has 2 fully saturated rings. The molecule has 0 bridgehead atoms. The maximum absolute atomic E-state index is 12.9. The Bertz CT molecular complexity index is 834. The number of hydrogen-bond donors (Lipinski definition) is 0. The summed E-state index contributed by atoms with van der Waals surface area (Å²) in [5.41, 5.74) is 0.541. The van der Waals surface area contributed by atoms with Gasteiger partial charge >= 0.3 is 5.97 Å². The zero-order valence-electron chi connectivity index (χ0n) is 15.6. The number of nitrogens with zero attached hydrogens (tertiary/aromatic N) is 2. The molecule has 27 heavy (non-hydrogen) atoms. The van der Waals surface area contributed by atoms with Crippen LogP contribution in [0.5, 0.6) is 0 Å². The van der Waals surface area contributed by atoms with Crippen molar-refractivity contribution in [3.63, 3.8) is 0 Å². The van der Waals surface area contributed by atoms with E-state index in [1.807, 2.05) is 30.3 Å². The molecule has 0 aliphatic heterocycles. The third kappa shape index (κ3) is 3.38. The molecule has 1 aromatic heterocycles. The number of benzene rings is 1. The molecule has 2 saturated carbocycles. The number of hydrogen-bond acceptors (Lipinski definition) is 5. The summed E-state index contributed by atoms with van der Waals surface area (Å²) in [5, 5.41) is 0.380. The molecular formula is C21H24N2O3S. The monoisotopic (exact) mass is 384 g/mol. The smallest absolute Gasteiger partial charge is 0.312 e. The Kier molecular flexibility index (Phi) is 4.54. The van der Waals surface area contributed by atoms with Crippen molar-refractivity contribution in [2.45, 2.75) is 45.8 Å². The van der Waals surface area contributed by atoms with E-state index in [0.29, 0.717) is 11.8 Å². The van der Waals surface area contributed by atoms with Crippen LogP contribution in [0, 0.1) is 16.7 Å². The second-order valence-electron chi connectivity index (χ2n) is 8.29. The SMILES string of the molecule is CC1(C)CCC2(C(=O)OCc3ccccc3)CC2C1OC(=S)n1ccnc1. The van der Waals surface area contributed by atoms with Gasteiger partial charge in [0.25, 0.3) is 5.17 Å². The van der Waals surface area contributed by atoms with Gasteiger partial charge < -0.3 is 9.47 Å². The molecule has 3 atom stereocenters.